The molecule has 0 spiro atoms. The third-order valence-electron chi connectivity index (χ3n) is 4.83. The number of amides is 2. The van der Waals surface area contributed by atoms with Crippen LogP contribution in [0.3, 0.4) is 0 Å². The van der Waals surface area contributed by atoms with Crippen molar-refractivity contribution >= 4 is 23.6 Å². The molecule has 0 unspecified atom stereocenters. The lowest BCUT2D eigenvalue weighted by atomic mass is 10.2. The molecule has 2 saturated heterocycles. The number of carbonyl (C=O) groups excluding carboxylic acids is 2. The van der Waals surface area contributed by atoms with Crippen molar-refractivity contribution in [2.45, 2.75) is 18.5 Å². The van der Waals surface area contributed by atoms with E-state index in [0.717, 1.165) is 0 Å². The van der Waals surface area contributed by atoms with Gasteiger partial charge >= 0.3 is 0 Å². The van der Waals surface area contributed by atoms with Gasteiger partial charge < -0.3 is 9.80 Å². The zero-order chi connectivity index (χ0) is 18.3. The van der Waals surface area contributed by atoms with Crippen molar-refractivity contribution < 1.29 is 18.4 Å². The van der Waals surface area contributed by atoms with Crippen LogP contribution in [0.1, 0.15) is 12.0 Å². The summed E-state index contributed by atoms with van der Waals surface area (Å²) in [5, 5.41) is 0. The minimum Gasteiger partial charge on any atom is -0.325 e. The lowest BCUT2D eigenvalue weighted by Crippen LogP contribution is -2.52. The second kappa shape index (κ2) is 6.37. The number of halogens is 2. The average molecular weight is 354 g/mol. The number of likely N-dealkylation sites (tertiary alicyclic amines) is 1. The Morgan fingerprint density at radius 2 is 1.92 bits per heavy atom. The number of para-hydroxylation sites is 1. The Morgan fingerprint density at radius 3 is 2.65 bits per heavy atom. The van der Waals surface area contributed by atoms with Crippen molar-refractivity contribution in [2.75, 3.05) is 11.4 Å². The molecule has 2 aromatic rings. The third kappa shape index (κ3) is 2.77. The summed E-state index contributed by atoms with van der Waals surface area (Å²) < 4.78 is 27.2. The van der Waals surface area contributed by atoms with Crippen molar-refractivity contribution in [1.29, 1.82) is 0 Å². The fourth-order valence-electron chi connectivity index (χ4n) is 3.66. The molecule has 2 aliphatic heterocycles. The Morgan fingerprint density at radius 1 is 1.12 bits per heavy atom. The topological polar surface area (TPSA) is 40.6 Å². The molecule has 4 rings (SSSR count). The van der Waals surface area contributed by atoms with E-state index in [9.17, 15) is 18.4 Å². The first-order chi connectivity index (χ1) is 12.5. The maximum absolute atomic E-state index is 14.0. The molecule has 2 fully saturated rings. The predicted molar refractivity (Wildman–Crippen MR) is 93.2 cm³/mol. The zero-order valence-electron chi connectivity index (χ0n) is 13.8. The number of piperazine rings is 1. The van der Waals surface area contributed by atoms with Gasteiger partial charge in [-0.1, -0.05) is 24.3 Å². The summed E-state index contributed by atoms with van der Waals surface area (Å²) in [6.07, 6.45) is 3.36. The predicted octanol–water partition coefficient (Wildman–Crippen LogP) is 2.99. The maximum atomic E-state index is 14.0. The fourth-order valence-corrected chi connectivity index (χ4v) is 3.66. The molecule has 0 N–H and O–H groups in total. The van der Waals surface area contributed by atoms with Gasteiger partial charge in [-0.3, -0.25) is 9.59 Å². The van der Waals surface area contributed by atoms with Crippen LogP contribution in [0.15, 0.2) is 54.6 Å². The van der Waals surface area contributed by atoms with Gasteiger partial charge in [0.15, 0.2) is 0 Å². The molecule has 0 saturated carbocycles. The highest BCUT2D eigenvalue weighted by Crippen LogP contribution is 2.36. The Hall–Kier alpha value is -3.02. The van der Waals surface area contributed by atoms with Crippen LogP contribution < -0.4 is 4.90 Å². The number of rotatable bonds is 3. The molecule has 2 heterocycles. The van der Waals surface area contributed by atoms with Gasteiger partial charge in [-0.05, 0) is 42.3 Å². The Kier molecular flexibility index (Phi) is 4.03. The van der Waals surface area contributed by atoms with Crippen molar-refractivity contribution in [3.8, 4) is 0 Å². The van der Waals surface area contributed by atoms with E-state index in [1.165, 1.54) is 40.2 Å². The molecule has 26 heavy (non-hydrogen) atoms. The van der Waals surface area contributed by atoms with Gasteiger partial charge in [-0.15, -0.1) is 0 Å². The minimum absolute atomic E-state index is 0.226. The normalized spacial score (nSPS) is 21.8. The van der Waals surface area contributed by atoms with Crippen LogP contribution in [0.4, 0.5) is 14.5 Å². The van der Waals surface area contributed by atoms with E-state index in [2.05, 4.69) is 0 Å². The Bertz CT molecular complexity index is 912. The summed E-state index contributed by atoms with van der Waals surface area (Å²) in [5.41, 5.74) is 0.828. The number of hydrogen-bond donors (Lipinski definition) is 0. The molecule has 2 atom stereocenters. The first kappa shape index (κ1) is 16.4. The van der Waals surface area contributed by atoms with Gasteiger partial charge in [-0.2, -0.15) is 0 Å². The van der Waals surface area contributed by atoms with E-state index in [4.69, 9.17) is 0 Å². The molecule has 2 bridgehead atoms. The van der Waals surface area contributed by atoms with Crippen molar-refractivity contribution in [3.05, 3.63) is 71.8 Å². The van der Waals surface area contributed by atoms with Crippen LogP contribution in [0.2, 0.25) is 0 Å². The number of anilines is 1. The van der Waals surface area contributed by atoms with E-state index < -0.39 is 11.9 Å². The van der Waals surface area contributed by atoms with Gasteiger partial charge in [0.1, 0.15) is 17.7 Å². The summed E-state index contributed by atoms with van der Waals surface area (Å²) >= 11 is 0. The Balaban J connectivity index is 1.50. The van der Waals surface area contributed by atoms with Crippen molar-refractivity contribution in [3.63, 3.8) is 0 Å². The van der Waals surface area contributed by atoms with Crippen LogP contribution in [0, 0.1) is 11.6 Å². The van der Waals surface area contributed by atoms with E-state index >= 15 is 0 Å². The standard InChI is InChI=1S/C20H16F2N2O2/c21-14-5-3-4-13(10-14)8-9-19(25)23-12-15-11-18(23)20(26)24(15)17-7-2-1-6-16(17)22/h1-10,15,18H,11-12H2/t15-,18-/m0/s1. The number of fused-ring (bicyclic) bond motifs is 2. The minimum atomic E-state index is -0.579. The second-order valence-electron chi connectivity index (χ2n) is 6.44. The molecule has 0 aromatic heterocycles. The molecule has 6 heteroatoms. The molecule has 2 aliphatic rings. The van der Waals surface area contributed by atoms with Crippen LogP contribution in [-0.4, -0.2) is 35.3 Å². The van der Waals surface area contributed by atoms with E-state index in [1.807, 2.05) is 0 Å². The largest absolute Gasteiger partial charge is 0.325 e. The smallest absolute Gasteiger partial charge is 0.250 e. The first-order valence-electron chi connectivity index (χ1n) is 8.36. The lowest BCUT2D eigenvalue weighted by Gasteiger charge is -2.33. The molecule has 132 valence electrons. The molecule has 2 amide bonds. The maximum Gasteiger partial charge on any atom is 0.250 e. The van der Waals surface area contributed by atoms with Gasteiger partial charge in [0, 0.05) is 12.6 Å². The highest BCUT2D eigenvalue weighted by atomic mass is 19.1. The average Bonchev–Trinajstić information content (AvgIpc) is 3.19. The van der Waals surface area contributed by atoms with Crippen molar-refractivity contribution in [1.82, 2.24) is 4.90 Å². The second-order valence-corrected chi connectivity index (χ2v) is 6.44. The highest BCUT2D eigenvalue weighted by molar-refractivity contribution is 6.05. The van der Waals surface area contributed by atoms with Crippen LogP contribution in [0.5, 0.6) is 0 Å². The number of nitrogens with zero attached hydrogens (tertiary/aromatic N) is 2. The summed E-state index contributed by atoms with van der Waals surface area (Å²) in [6, 6.07) is 11.2. The van der Waals surface area contributed by atoms with E-state index in [-0.39, 0.29) is 29.4 Å². The SMILES string of the molecule is O=C(C=Cc1cccc(F)c1)N1C[C@@H]2C[C@H]1C(=O)N2c1ccccc1F. The van der Waals surface area contributed by atoms with Gasteiger partial charge in [0.2, 0.25) is 11.8 Å². The molecule has 0 aliphatic carbocycles. The molecule has 2 aromatic carbocycles. The first-order valence-corrected chi connectivity index (χ1v) is 8.36. The van der Waals surface area contributed by atoms with Crippen LogP contribution in [-0.2, 0) is 9.59 Å². The van der Waals surface area contributed by atoms with Gasteiger partial charge in [0.25, 0.3) is 0 Å². The fraction of sp³-hybridized carbons (Fsp3) is 0.200. The number of hydrogen-bond acceptors (Lipinski definition) is 2. The van der Waals surface area contributed by atoms with E-state index in [1.54, 1.807) is 30.3 Å². The Labute approximate surface area is 149 Å². The molecule has 0 radical (unpaired) electrons. The zero-order valence-corrected chi connectivity index (χ0v) is 13.8. The third-order valence-corrected chi connectivity index (χ3v) is 4.83. The number of carbonyl (C=O) groups is 2. The summed E-state index contributed by atoms with van der Waals surface area (Å²) in [7, 11) is 0. The summed E-state index contributed by atoms with van der Waals surface area (Å²) in [6.45, 7) is 0.358. The van der Waals surface area contributed by atoms with Crippen molar-refractivity contribution in [2.24, 2.45) is 0 Å². The highest BCUT2D eigenvalue weighted by Gasteiger charge is 2.51. The van der Waals surface area contributed by atoms with Crippen LogP contribution >= 0.6 is 0 Å². The molecular weight excluding hydrogens is 338 g/mol. The monoisotopic (exact) mass is 354 g/mol. The van der Waals surface area contributed by atoms with Crippen LogP contribution in [0.25, 0.3) is 6.08 Å². The van der Waals surface area contributed by atoms with Gasteiger partial charge in [0.05, 0.1) is 11.7 Å². The number of benzene rings is 2. The van der Waals surface area contributed by atoms with E-state index in [0.29, 0.717) is 18.5 Å². The molecule has 4 nitrogen and oxygen atoms in total. The molecular formula is C20H16F2N2O2. The quantitative estimate of drug-likeness (QED) is 0.795. The summed E-state index contributed by atoms with van der Waals surface area (Å²) in [5.74, 6) is -1.39. The van der Waals surface area contributed by atoms with Gasteiger partial charge in [-0.25, -0.2) is 8.78 Å². The summed E-state index contributed by atoms with van der Waals surface area (Å²) in [4.78, 5) is 28.1. The lowest BCUT2D eigenvalue weighted by molar-refractivity contribution is -0.134.